The minimum absolute atomic E-state index is 0.148. The molecule has 1 heterocycles. The summed E-state index contributed by atoms with van der Waals surface area (Å²) in [5.74, 6) is 0.854. The predicted molar refractivity (Wildman–Crippen MR) is 86.4 cm³/mol. The molecule has 0 aliphatic heterocycles. The van der Waals surface area contributed by atoms with Gasteiger partial charge in [-0.3, -0.25) is 4.21 Å². The average Bonchev–Trinajstić information content (AvgIpc) is 2.96. The lowest BCUT2D eigenvalue weighted by atomic mass is 10.1. The topological polar surface area (TPSA) is 56.0 Å². The molecule has 0 radical (unpaired) electrons. The number of rotatable bonds is 5. The van der Waals surface area contributed by atoms with Gasteiger partial charge >= 0.3 is 0 Å². The van der Waals surface area contributed by atoms with Crippen LogP contribution in [0.5, 0.6) is 0 Å². The molecule has 3 aromatic rings. The van der Waals surface area contributed by atoms with Gasteiger partial charge in [0, 0.05) is 22.1 Å². The van der Waals surface area contributed by atoms with Crippen molar-refractivity contribution in [3.8, 4) is 11.4 Å². The summed E-state index contributed by atoms with van der Waals surface area (Å²) in [5, 5.41) is 3.91. The Balaban J connectivity index is 1.66. The molecule has 0 N–H and O–H groups in total. The Bertz CT molecular complexity index is 831. The molecule has 0 saturated heterocycles. The molecular weight excluding hydrogens is 315 g/mol. The molecule has 4 nitrogen and oxygen atoms in total. The van der Waals surface area contributed by atoms with E-state index in [0.29, 0.717) is 17.3 Å². The molecule has 0 bridgehead atoms. The average molecular weight is 330 g/mol. The fourth-order valence-electron chi connectivity index (χ4n) is 2.13. The molecule has 1 atom stereocenters. The van der Waals surface area contributed by atoms with E-state index >= 15 is 0 Å². The summed E-state index contributed by atoms with van der Waals surface area (Å²) in [6.45, 7) is 2.00. The number of halogens is 1. The second kappa shape index (κ2) is 6.83. The molecule has 0 spiro atoms. The van der Waals surface area contributed by atoms with Crippen molar-refractivity contribution >= 4 is 10.8 Å². The molecule has 1 unspecified atom stereocenters. The van der Waals surface area contributed by atoms with E-state index < -0.39 is 10.8 Å². The first kappa shape index (κ1) is 15.6. The van der Waals surface area contributed by atoms with Crippen LogP contribution in [0.15, 0.2) is 53.1 Å². The summed E-state index contributed by atoms with van der Waals surface area (Å²) in [6.07, 6.45) is 0. The fraction of sp³-hybridized carbons (Fsp3) is 0.176. The van der Waals surface area contributed by atoms with Crippen molar-refractivity contribution in [3.63, 3.8) is 0 Å². The standard InChI is InChI=1S/C17H15FN2O2S/c1-12-5-7-14(8-6-12)17-19-16(22-20-17)11-23(21)10-13-3-2-4-15(18)9-13/h2-9H,10-11H2,1H3. The van der Waals surface area contributed by atoms with Gasteiger partial charge in [0.15, 0.2) is 0 Å². The Morgan fingerprint density at radius 2 is 1.91 bits per heavy atom. The highest BCUT2D eigenvalue weighted by atomic mass is 32.2. The van der Waals surface area contributed by atoms with Crippen molar-refractivity contribution in [1.29, 1.82) is 0 Å². The summed E-state index contributed by atoms with van der Waals surface area (Å²) < 4.78 is 30.4. The van der Waals surface area contributed by atoms with E-state index in [1.54, 1.807) is 12.1 Å². The van der Waals surface area contributed by atoms with Crippen molar-refractivity contribution < 1.29 is 13.1 Å². The lowest BCUT2D eigenvalue weighted by Gasteiger charge is -2.00. The van der Waals surface area contributed by atoms with E-state index in [0.717, 1.165) is 11.1 Å². The van der Waals surface area contributed by atoms with Crippen LogP contribution in [-0.4, -0.2) is 14.3 Å². The Morgan fingerprint density at radius 1 is 1.13 bits per heavy atom. The number of hydrogen-bond acceptors (Lipinski definition) is 4. The Morgan fingerprint density at radius 3 is 2.65 bits per heavy atom. The molecule has 0 fully saturated rings. The minimum Gasteiger partial charge on any atom is -0.338 e. The van der Waals surface area contributed by atoms with Crippen LogP contribution in [0.25, 0.3) is 11.4 Å². The van der Waals surface area contributed by atoms with Crippen LogP contribution >= 0.6 is 0 Å². The van der Waals surface area contributed by atoms with E-state index in [1.807, 2.05) is 31.2 Å². The summed E-state index contributed by atoms with van der Waals surface area (Å²) in [7, 11) is -1.24. The quantitative estimate of drug-likeness (QED) is 0.717. The number of nitrogens with zero attached hydrogens (tertiary/aromatic N) is 2. The van der Waals surface area contributed by atoms with Gasteiger partial charge in [-0.25, -0.2) is 4.39 Å². The molecule has 0 saturated carbocycles. The number of hydrogen-bond donors (Lipinski definition) is 0. The highest BCUT2D eigenvalue weighted by molar-refractivity contribution is 7.83. The Labute approximate surface area is 135 Å². The van der Waals surface area contributed by atoms with Crippen molar-refractivity contribution in [1.82, 2.24) is 10.1 Å². The summed E-state index contributed by atoms with van der Waals surface area (Å²) in [5.41, 5.74) is 2.68. The lowest BCUT2D eigenvalue weighted by Crippen LogP contribution is -2.00. The maximum Gasteiger partial charge on any atom is 0.239 e. The Kier molecular flexibility index (Phi) is 4.62. The summed E-state index contributed by atoms with van der Waals surface area (Å²) >= 11 is 0. The van der Waals surface area contributed by atoms with Crippen LogP contribution in [0.4, 0.5) is 4.39 Å². The monoisotopic (exact) mass is 330 g/mol. The smallest absolute Gasteiger partial charge is 0.239 e. The molecular formula is C17H15FN2O2S. The fourth-order valence-corrected chi connectivity index (χ4v) is 3.18. The van der Waals surface area contributed by atoms with Gasteiger partial charge in [-0.2, -0.15) is 4.98 Å². The van der Waals surface area contributed by atoms with E-state index in [-0.39, 0.29) is 17.3 Å². The zero-order valence-corrected chi connectivity index (χ0v) is 13.3. The van der Waals surface area contributed by atoms with E-state index in [2.05, 4.69) is 10.1 Å². The predicted octanol–water partition coefficient (Wildman–Crippen LogP) is 3.63. The molecule has 1 aromatic heterocycles. The molecule has 0 aliphatic carbocycles. The van der Waals surface area contributed by atoms with Gasteiger partial charge in [-0.05, 0) is 24.6 Å². The van der Waals surface area contributed by atoms with Gasteiger partial charge in [-0.15, -0.1) is 0 Å². The molecule has 118 valence electrons. The van der Waals surface area contributed by atoms with Crippen molar-refractivity contribution in [2.24, 2.45) is 0 Å². The molecule has 0 aliphatic rings. The maximum absolute atomic E-state index is 13.1. The Hall–Kier alpha value is -2.34. The second-order valence-electron chi connectivity index (χ2n) is 5.24. The largest absolute Gasteiger partial charge is 0.338 e. The first-order chi connectivity index (χ1) is 11.1. The van der Waals surface area contributed by atoms with E-state index in [1.165, 1.54) is 12.1 Å². The van der Waals surface area contributed by atoms with Crippen molar-refractivity contribution in [2.45, 2.75) is 18.4 Å². The van der Waals surface area contributed by atoms with Gasteiger partial charge in [0.25, 0.3) is 0 Å². The molecule has 6 heteroatoms. The maximum atomic E-state index is 13.1. The van der Waals surface area contributed by atoms with Gasteiger partial charge in [0.2, 0.25) is 11.7 Å². The minimum atomic E-state index is -1.24. The summed E-state index contributed by atoms with van der Waals surface area (Å²) in [6, 6.07) is 13.8. The second-order valence-corrected chi connectivity index (χ2v) is 6.69. The van der Waals surface area contributed by atoms with E-state index in [9.17, 15) is 8.60 Å². The highest BCUT2D eigenvalue weighted by Crippen LogP contribution is 2.17. The third-order valence-corrected chi connectivity index (χ3v) is 4.50. The third-order valence-electron chi connectivity index (χ3n) is 3.28. The molecule has 2 aromatic carbocycles. The highest BCUT2D eigenvalue weighted by Gasteiger charge is 2.12. The molecule has 3 rings (SSSR count). The zero-order valence-electron chi connectivity index (χ0n) is 12.5. The van der Waals surface area contributed by atoms with Crippen LogP contribution < -0.4 is 0 Å². The van der Waals surface area contributed by atoms with E-state index in [4.69, 9.17) is 4.52 Å². The van der Waals surface area contributed by atoms with Crippen LogP contribution in [-0.2, 0) is 22.3 Å². The number of benzene rings is 2. The van der Waals surface area contributed by atoms with Gasteiger partial charge < -0.3 is 4.52 Å². The van der Waals surface area contributed by atoms with Crippen LogP contribution in [0, 0.1) is 12.7 Å². The van der Waals surface area contributed by atoms with Gasteiger partial charge in [-0.1, -0.05) is 47.1 Å². The van der Waals surface area contributed by atoms with Crippen molar-refractivity contribution in [3.05, 3.63) is 71.4 Å². The lowest BCUT2D eigenvalue weighted by molar-refractivity contribution is 0.390. The van der Waals surface area contributed by atoms with Crippen LogP contribution in [0.2, 0.25) is 0 Å². The first-order valence-corrected chi connectivity index (χ1v) is 8.58. The molecule has 0 amide bonds. The number of aryl methyl sites for hydroxylation is 1. The summed E-state index contributed by atoms with van der Waals surface area (Å²) in [4.78, 5) is 4.26. The SMILES string of the molecule is Cc1ccc(-c2noc(CS(=O)Cc3cccc(F)c3)n2)cc1. The molecule has 23 heavy (non-hydrogen) atoms. The van der Waals surface area contributed by atoms with Gasteiger partial charge in [0.1, 0.15) is 11.6 Å². The first-order valence-electron chi connectivity index (χ1n) is 7.09. The normalized spacial score (nSPS) is 12.3. The number of aromatic nitrogens is 2. The van der Waals surface area contributed by atoms with Crippen molar-refractivity contribution in [2.75, 3.05) is 0 Å². The third kappa shape index (κ3) is 4.10. The zero-order chi connectivity index (χ0) is 16.2. The van der Waals surface area contributed by atoms with Crippen LogP contribution in [0.3, 0.4) is 0 Å². The van der Waals surface area contributed by atoms with Crippen LogP contribution in [0.1, 0.15) is 17.0 Å². The van der Waals surface area contributed by atoms with Gasteiger partial charge in [0.05, 0.1) is 0 Å².